The average Bonchev–Trinajstić information content (AvgIpc) is 3.13. The van der Waals surface area contributed by atoms with E-state index in [9.17, 15) is 19.7 Å². The van der Waals surface area contributed by atoms with Gasteiger partial charge in [-0.2, -0.15) is 0 Å². The molecule has 0 radical (unpaired) electrons. The highest BCUT2D eigenvalue weighted by molar-refractivity contribution is 8.00. The van der Waals surface area contributed by atoms with Crippen molar-refractivity contribution in [3.63, 3.8) is 0 Å². The molecule has 148 valence electrons. The Hall–Kier alpha value is -3.20. The fourth-order valence-corrected chi connectivity index (χ4v) is 4.69. The summed E-state index contributed by atoms with van der Waals surface area (Å²) in [4.78, 5) is 41.0. The molecule has 2 saturated heterocycles. The molecule has 1 amide bonds. The lowest BCUT2D eigenvalue weighted by Gasteiger charge is -2.41. The first-order valence-electron chi connectivity index (χ1n) is 8.96. The van der Waals surface area contributed by atoms with Gasteiger partial charge < -0.3 is 9.64 Å². The predicted octanol–water partition coefficient (Wildman–Crippen LogP) is 2.41. The Morgan fingerprint density at radius 2 is 1.97 bits per heavy atom. The first kappa shape index (κ1) is 19.1. The van der Waals surface area contributed by atoms with Crippen LogP contribution in [0, 0.1) is 10.1 Å². The molecule has 2 fully saturated rings. The first-order chi connectivity index (χ1) is 14.0. The van der Waals surface area contributed by atoms with Gasteiger partial charge >= 0.3 is 5.97 Å². The number of rotatable bonds is 6. The summed E-state index contributed by atoms with van der Waals surface area (Å²) in [5.74, 6) is -0.136. The fraction of sp³-hybridized carbons (Fsp3) is 0.250. The molecule has 0 aliphatic carbocycles. The topological polar surface area (TPSA) is 102 Å². The van der Waals surface area contributed by atoms with Crippen LogP contribution in [0.4, 0.5) is 5.69 Å². The van der Waals surface area contributed by atoms with E-state index in [1.165, 1.54) is 35.0 Å². The highest BCUT2D eigenvalue weighted by atomic mass is 32.2. The number of hydrogen-bond acceptors (Lipinski definition) is 7. The molecule has 29 heavy (non-hydrogen) atoms. The van der Waals surface area contributed by atoms with Crippen molar-refractivity contribution in [3.05, 3.63) is 75.8 Å². The Morgan fingerprint density at radius 3 is 2.66 bits per heavy atom. The molecule has 8 nitrogen and oxygen atoms in total. The van der Waals surface area contributed by atoms with E-state index in [0.717, 1.165) is 5.56 Å². The van der Waals surface area contributed by atoms with E-state index in [4.69, 9.17) is 4.74 Å². The molecule has 0 spiro atoms. The van der Waals surface area contributed by atoms with Gasteiger partial charge in [0.05, 0.1) is 4.92 Å². The Balaban J connectivity index is 1.34. The van der Waals surface area contributed by atoms with Crippen molar-refractivity contribution in [1.82, 2.24) is 4.90 Å². The van der Waals surface area contributed by atoms with Gasteiger partial charge in [-0.05, 0) is 23.3 Å². The molecule has 0 saturated carbocycles. The summed E-state index contributed by atoms with van der Waals surface area (Å²) in [5, 5.41) is 10.5. The highest BCUT2D eigenvalue weighted by Gasteiger charge is 2.57. The van der Waals surface area contributed by atoms with Crippen molar-refractivity contribution < 1.29 is 19.2 Å². The molecule has 3 atom stereocenters. The number of amides is 1. The standard InChI is InChI=1S/C20H17N3O5S/c24-18-17(21-10-13-6-8-15(9-7-13)23(26)27)19-22(18)16(12-29-19)20(25)28-11-14-4-2-1-3-5-14/h1-10,16-17,19H,11-12H2. The van der Waals surface area contributed by atoms with Gasteiger partial charge in [-0.3, -0.25) is 19.9 Å². The van der Waals surface area contributed by atoms with E-state index >= 15 is 0 Å². The van der Waals surface area contributed by atoms with Crippen molar-refractivity contribution >= 4 is 35.5 Å². The molecule has 0 N–H and O–H groups in total. The van der Waals surface area contributed by atoms with Crippen LogP contribution in [0.2, 0.25) is 0 Å². The molecule has 9 heteroatoms. The lowest BCUT2D eigenvalue weighted by molar-refractivity contribution is -0.384. The van der Waals surface area contributed by atoms with Gasteiger partial charge in [0.25, 0.3) is 11.6 Å². The number of nitro benzene ring substituents is 1. The Kier molecular flexibility index (Phi) is 5.30. The second-order valence-corrected chi connectivity index (χ2v) is 7.80. The van der Waals surface area contributed by atoms with Gasteiger partial charge in [-0.1, -0.05) is 30.3 Å². The van der Waals surface area contributed by atoms with Crippen LogP contribution in [-0.4, -0.2) is 51.1 Å². The number of nitro groups is 1. The summed E-state index contributed by atoms with van der Waals surface area (Å²) in [6, 6.07) is 14.2. The number of hydrogen-bond donors (Lipinski definition) is 0. The summed E-state index contributed by atoms with van der Waals surface area (Å²) in [5.41, 5.74) is 1.56. The summed E-state index contributed by atoms with van der Waals surface area (Å²) in [6.07, 6.45) is 1.53. The third-order valence-electron chi connectivity index (χ3n) is 4.80. The predicted molar refractivity (Wildman–Crippen MR) is 108 cm³/mol. The maximum Gasteiger partial charge on any atom is 0.330 e. The SMILES string of the molecule is O=C(OCc1ccccc1)C1CSC2C(N=Cc3ccc([N+](=O)[O-])cc3)C(=O)N12. The van der Waals surface area contributed by atoms with Crippen LogP contribution in [-0.2, 0) is 20.9 Å². The monoisotopic (exact) mass is 411 g/mol. The molecular weight excluding hydrogens is 394 g/mol. The molecule has 3 unspecified atom stereocenters. The third kappa shape index (κ3) is 3.86. The van der Waals surface area contributed by atoms with Crippen molar-refractivity contribution in [2.45, 2.75) is 24.1 Å². The van der Waals surface area contributed by atoms with Gasteiger partial charge in [0, 0.05) is 24.1 Å². The molecular formula is C20H17N3O5S. The second kappa shape index (κ2) is 8.04. The number of nitrogens with zero attached hydrogens (tertiary/aromatic N) is 3. The summed E-state index contributed by atoms with van der Waals surface area (Å²) in [6.45, 7) is 0.176. The van der Waals surface area contributed by atoms with E-state index in [-0.39, 0.29) is 23.6 Å². The number of fused-ring (bicyclic) bond motifs is 1. The smallest absolute Gasteiger partial charge is 0.330 e. The maximum atomic E-state index is 12.5. The van der Waals surface area contributed by atoms with Gasteiger partial charge in [0.2, 0.25) is 0 Å². The highest BCUT2D eigenvalue weighted by Crippen LogP contribution is 2.41. The van der Waals surface area contributed by atoms with Crippen LogP contribution in [0.15, 0.2) is 59.6 Å². The van der Waals surface area contributed by atoms with Crippen molar-refractivity contribution in [2.75, 3.05) is 5.75 Å². The van der Waals surface area contributed by atoms with Gasteiger partial charge in [-0.25, -0.2) is 4.79 Å². The van der Waals surface area contributed by atoms with Crippen LogP contribution in [0.1, 0.15) is 11.1 Å². The molecule has 0 bridgehead atoms. The van der Waals surface area contributed by atoms with E-state index in [0.29, 0.717) is 11.3 Å². The number of esters is 1. The Bertz CT molecular complexity index is 964. The largest absolute Gasteiger partial charge is 0.459 e. The number of non-ortho nitro benzene ring substituents is 1. The van der Waals surface area contributed by atoms with Crippen molar-refractivity contribution in [1.29, 1.82) is 0 Å². The number of benzene rings is 2. The minimum absolute atomic E-state index is 0.00347. The van der Waals surface area contributed by atoms with Crippen LogP contribution in [0.25, 0.3) is 0 Å². The Labute approximate surface area is 170 Å². The molecule has 2 aromatic rings. The minimum Gasteiger partial charge on any atom is -0.459 e. The van der Waals surface area contributed by atoms with E-state index in [1.54, 1.807) is 12.1 Å². The second-order valence-electron chi connectivity index (χ2n) is 6.65. The van der Waals surface area contributed by atoms with Crippen LogP contribution < -0.4 is 0 Å². The number of carbonyl (C=O) groups is 2. The number of thioether (sulfide) groups is 1. The molecule has 2 heterocycles. The van der Waals surface area contributed by atoms with Crippen molar-refractivity contribution in [2.24, 2.45) is 4.99 Å². The minimum atomic E-state index is -0.591. The normalized spacial score (nSPS) is 23.0. The maximum absolute atomic E-state index is 12.5. The average molecular weight is 411 g/mol. The summed E-state index contributed by atoms with van der Waals surface area (Å²) >= 11 is 1.50. The van der Waals surface area contributed by atoms with E-state index in [1.807, 2.05) is 30.3 Å². The van der Waals surface area contributed by atoms with Crippen LogP contribution in [0.5, 0.6) is 0 Å². The molecule has 4 rings (SSSR count). The lowest BCUT2D eigenvalue weighted by Crippen LogP contribution is -2.64. The fourth-order valence-electron chi connectivity index (χ4n) is 3.23. The Morgan fingerprint density at radius 1 is 1.24 bits per heavy atom. The van der Waals surface area contributed by atoms with Crippen LogP contribution in [0.3, 0.4) is 0 Å². The van der Waals surface area contributed by atoms with E-state index < -0.39 is 23.0 Å². The van der Waals surface area contributed by atoms with Crippen molar-refractivity contribution in [3.8, 4) is 0 Å². The van der Waals surface area contributed by atoms with Gasteiger partial charge in [0.15, 0.2) is 6.04 Å². The number of ether oxygens (including phenoxy) is 1. The molecule has 2 aromatic carbocycles. The zero-order valence-corrected chi connectivity index (χ0v) is 16.0. The van der Waals surface area contributed by atoms with Crippen LogP contribution >= 0.6 is 11.8 Å². The number of aliphatic imine (C=N–C) groups is 1. The molecule has 2 aliphatic heterocycles. The van der Waals surface area contributed by atoms with Gasteiger partial charge in [-0.15, -0.1) is 11.8 Å². The number of carbonyl (C=O) groups excluding carboxylic acids is 2. The molecule has 2 aliphatic rings. The first-order valence-corrected chi connectivity index (χ1v) is 10.0. The number of β-lactam (4-membered cyclic amide) rings is 1. The lowest BCUT2D eigenvalue weighted by atomic mass is 10.0. The molecule has 0 aromatic heterocycles. The zero-order valence-electron chi connectivity index (χ0n) is 15.2. The summed E-state index contributed by atoms with van der Waals surface area (Å²) < 4.78 is 5.37. The third-order valence-corrected chi connectivity index (χ3v) is 6.13. The zero-order chi connectivity index (χ0) is 20.4. The van der Waals surface area contributed by atoms with E-state index in [2.05, 4.69) is 4.99 Å². The van der Waals surface area contributed by atoms with Gasteiger partial charge in [0.1, 0.15) is 18.0 Å². The quantitative estimate of drug-likeness (QED) is 0.238. The summed E-state index contributed by atoms with van der Waals surface area (Å²) in [7, 11) is 0.